The number of methoxy groups -OCH3 is 1. The fourth-order valence-electron chi connectivity index (χ4n) is 2.40. The molecule has 0 aromatic heterocycles. The van der Waals surface area contributed by atoms with Gasteiger partial charge in [0.15, 0.2) is 5.78 Å². The summed E-state index contributed by atoms with van der Waals surface area (Å²) in [4.78, 5) is 11.9. The molecule has 2 unspecified atom stereocenters. The molecule has 0 saturated carbocycles. The van der Waals surface area contributed by atoms with Gasteiger partial charge in [-0.2, -0.15) is 0 Å². The van der Waals surface area contributed by atoms with E-state index < -0.39 is 11.7 Å². The number of rotatable bonds is 4. The number of Topliss-reactive ketones (excluding diaryl/α,β-unsaturated/α-hetero) is 1. The first-order chi connectivity index (χ1) is 8.67. The highest BCUT2D eigenvalue weighted by atomic mass is 16.5. The van der Waals surface area contributed by atoms with E-state index in [1.807, 2.05) is 32.9 Å². The lowest BCUT2D eigenvalue weighted by atomic mass is 9.71. The van der Waals surface area contributed by atoms with Gasteiger partial charge in [-0.15, -0.1) is 0 Å². The molecule has 0 heterocycles. The highest BCUT2D eigenvalue weighted by Crippen LogP contribution is 2.39. The van der Waals surface area contributed by atoms with Crippen LogP contribution in [0.1, 0.15) is 34.1 Å². The monoisotopic (exact) mass is 264 g/mol. The van der Waals surface area contributed by atoms with Gasteiger partial charge in [-0.05, 0) is 42.9 Å². The Labute approximate surface area is 115 Å². The number of carbonyl (C=O) groups excluding carboxylic acids is 1. The third-order valence-corrected chi connectivity index (χ3v) is 3.94. The molecule has 1 rings (SSSR count). The Morgan fingerprint density at radius 2 is 2.11 bits per heavy atom. The molecule has 0 radical (unpaired) electrons. The Bertz CT molecular complexity index is 443. The van der Waals surface area contributed by atoms with E-state index in [0.29, 0.717) is 12.0 Å². The molecule has 0 aliphatic heterocycles. The lowest BCUT2D eigenvalue weighted by molar-refractivity contribution is -0.125. The fraction of sp³-hybridized carbons (Fsp3) is 0.562. The zero-order valence-electron chi connectivity index (χ0n) is 12.5. The topological polar surface area (TPSA) is 46.5 Å². The summed E-state index contributed by atoms with van der Waals surface area (Å²) in [6, 6.07) is 0. The van der Waals surface area contributed by atoms with E-state index in [-0.39, 0.29) is 11.2 Å². The van der Waals surface area contributed by atoms with Gasteiger partial charge in [-0.25, -0.2) is 0 Å². The van der Waals surface area contributed by atoms with Crippen molar-refractivity contribution < 1.29 is 14.6 Å². The molecule has 1 aliphatic carbocycles. The predicted octanol–water partition coefficient (Wildman–Crippen LogP) is 2.81. The summed E-state index contributed by atoms with van der Waals surface area (Å²) in [6.07, 6.45) is 5.09. The Hall–Kier alpha value is -1.19. The number of hydrogen-bond donors (Lipinski definition) is 1. The quantitative estimate of drug-likeness (QED) is 0.794. The molecule has 0 amide bonds. The van der Waals surface area contributed by atoms with E-state index in [9.17, 15) is 9.90 Å². The van der Waals surface area contributed by atoms with Gasteiger partial charge in [-0.1, -0.05) is 32.6 Å². The minimum atomic E-state index is -0.889. The first-order valence-electron chi connectivity index (χ1n) is 6.48. The molecular formula is C16H24O3. The van der Waals surface area contributed by atoms with Gasteiger partial charge in [0.1, 0.15) is 11.7 Å². The number of ether oxygens (including phenoxy) is 1. The lowest BCUT2D eigenvalue weighted by Gasteiger charge is -2.35. The maximum atomic E-state index is 11.9. The summed E-state index contributed by atoms with van der Waals surface area (Å²) in [5, 5.41) is 9.77. The van der Waals surface area contributed by atoms with Crippen molar-refractivity contribution in [2.45, 2.75) is 45.8 Å². The molecule has 1 aliphatic rings. The van der Waals surface area contributed by atoms with Gasteiger partial charge in [0.25, 0.3) is 0 Å². The van der Waals surface area contributed by atoms with E-state index in [1.165, 1.54) is 0 Å². The fourth-order valence-corrected chi connectivity index (χ4v) is 2.40. The van der Waals surface area contributed by atoms with Gasteiger partial charge in [0.05, 0.1) is 0 Å². The molecule has 106 valence electrons. The summed E-state index contributed by atoms with van der Waals surface area (Å²) >= 11 is 0. The smallest absolute Gasteiger partial charge is 0.187 e. The Balaban J connectivity index is 3.20. The van der Waals surface area contributed by atoms with Crippen LogP contribution in [0.2, 0.25) is 0 Å². The molecule has 19 heavy (non-hydrogen) atoms. The van der Waals surface area contributed by atoms with E-state index in [0.717, 1.165) is 5.57 Å². The number of hydrogen-bond acceptors (Lipinski definition) is 3. The molecule has 2 atom stereocenters. The van der Waals surface area contributed by atoms with Crippen LogP contribution in [0, 0.1) is 5.41 Å². The predicted molar refractivity (Wildman–Crippen MR) is 76.9 cm³/mol. The summed E-state index contributed by atoms with van der Waals surface area (Å²) in [6.45, 7) is 11.5. The van der Waals surface area contributed by atoms with Crippen LogP contribution in [-0.4, -0.2) is 29.7 Å². The van der Waals surface area contributed by atoms with Crippen LogP contribution in [-0.2, 0) is 9.53 Å². The van der Waals surface area contributed by atoms with E-state index in [1.54, 1.807) is 20.1 Å². The number of ketones is 1. The lowest BCUT2D eigenvalue weighted by Crippen LogP contribution is -2.36. The Morgan fingerprint density at radius 3 is 2.58 bits per heavy atom. The number of carbonyl (C=O) groups is 1. The second-order valence-electron chi connectivity index (χ2n) is 5.93. The minimum Gasteiger partial charge on any atom is -0.385 e. The van der Waals surface area contributed by atoms with E-state index >= 15 is 0 Å². The molecule has 0 spiro atoms. The van der Waals surface area contributed by atoms with Crippen molar-refractivity contribution in [3.05, 3.63) is 36.0 Å². The van der Waals surface area contributed by atoms with Gasteiger partial charge < -0.3 is 9.84 Å². The summed E-state index contributed by atoms with van der Waals surface area (Å²) in [7, 11) is 1.62. The van der Waals surface area contributed by atoms with Crippen LogP contribution in [0.4, 0.5) is 0 Å². The molecule has 0 bridgehead atoms. The van der Waals surface area contributed by atoms with Crippen LogP contribution in [0.3, 0.4) is 0 Å². The third-order valence-electron chi connectivity index (χ3n) is 3.94. The summed E-state index contributed by atoms with van der Waals surface area (Å²) in [5.74, 6) is -0.184. The zero-order valence-corrected chi connectivity index (χ0v) is 12.5. The molecule has 0 saturated heterocycles. The summed E-state index contributed by atoms with van der Waals surface area (Å²) in [5.41, 5.74) is 0.794. The highest BCUT2D eigenvalue weighted by Gasteiger charge is 2.36. The highest BCUT2D eigenvalue weighted by molar-refractivity contribution is 6.00. The van der Waals surface area contributed by atoms with Crippen molar-refractivity contribution in [3.8, 4) is 0 Å². The second kappa shape index (κ2) is 5.43. The average Bonchev–Trinajstić information content (AvgIpc) is 2.35. The maximum absolute atomic E-state index is 11.9. The second-order valence-corrected chi connectivity index (χ2v) is 5.93. The third kappa shape index (κ3) is 3.23. The molecule has 0 fully saturated rings. The molecule has 3 heteroatoms. The molecular weight excluding hydrogens is 240 g/mol. The van der Waals surface area contributed by atoms with Gasteiger partial charge >= 0.3 is 0 Å². The zero-order chi connectivity index (χ0) is 14.8. The number of aliphatic hydroxyl groups excluding tert-OH is 1. The first kappa shape index (κ1) is 15.9. The standard InChI is InChI=1S/C16H24O3/c1-7-16(5,19-6)9-8-12-11(2)14(18)13(17)10-15(12,3)4/h7-9,13,17H,1,10H2,2-6H3. The van der Waals surface area contributed by atoms with Crippen LogP contribution in [0.5, 0.6) is 0 Å². The molecule has 0 aromatic carbocycles. The molecule has 1 N–H and O–H groups in total. The van der Waals surface area contributed by atoms with Gasteiger partial charge in [0, 0.05) is 7.11 Å². The van der Waals surface area contributed by atoms with Gasteiger partial charge in [-0.3, -0.25) is 4.79 Å². The van der Waals surface area contributed by atoms with Crippen LogP contribution in [0.25, 0.3) is 0 Å². The van der Waals surface area contributed by atoms with Crippen LogP contribution >= 0.6 is 0 Å². The largest absolute Gasteiger partial charge is 0.385 e. The normalized spacial score (nSPS) is 26.6. The van der Waals surface area contributed by atoms with Crippen molar-refractivity contribution in [1.29, 1.82) is 0 Å². The van der Waals surface area contributed by atoms with Crippen molar-refractivity contribution >= 4 is 5.78 Å². The van der Waals surface area contributed by atoms with Crippen molar-refractivity contribution in [2.24, 2.45) is 5.41 Å². The number of allylic oxidation sites excluding steroid dienone is 2. The van der Waals surface area contributed by atoms with Gasteiger partial charge in [0.2, 0.25) is 0 Å². The summed E-state index contributed by atoms with van der Waals surface area (Å²) < 4.78 is 5.37. The van der Waals surface area contributed by atoms with Crippen molar-refractivity contribution in [2.75, 3.05) is 7.11 Å². The minimum absolute atomic E-state index is 0.184. The van der Waals surface area contributed by atoms with E-state index in [4.69, 9.17) is 4.74 Å². The van der Waals surface area contributed by atoms with Crippen LogP contribution < -0.4 is 0 Å². The SMILES string of the molecule is C=CC(C)(C=CC1=C(C)C(=O)C(O)CC1(C)C)OC. The maximum Gasteiger partial charge on any atom is 0.187 e. The van der Waals surface area contributed by atoms with Crippen molar-refractivity contribution in [1.82, 2.24) is 0 Å². The molecule has 0 aromatic rings. The van der Waals surface area contributed by atoms with Crippen LogP contribution in [0.15, 0.2) is 36.0 Å². The average molecular weight is 264 g/mol. The number of aliphatic hydroxyl groups is 1. The first-order valence-corrected chi connectivity index (χ1v) is 6.48. The molecule has 3 nitrogen and oxygen atoms in total. The Kier molecular flexibility index (Phi) is 4.54. The van der Waals surface area contributed by atoms with E-state index in [2.05, 4.69) is 6.58 Å². The Morgan fingerprint density at radius 1 is 1.53 bits per heavy atom. The van der Waals surface area contributed by atoms with Crippen molar-refractivity contribution in [3.63, 3.8) is 0 Å².